The van der Waals surface area contributed by atoms with E-state index in [1.165, 1.54) is 58.2 Å². The molecule has 2 rings (SSSR count). The molecule has 2 nitrogen and oxygen atoms in total. The molecule has 2 aliphatic rings. The molecule has 1 aliphatic carbocycles. The Bertz CT molecular complexity index is 168. The fourth-order valence-corrected chi connectivity index (χ4v) is 2.63. The van der Waals surface area contributed by atoms with E-state index in [-0.39, 0.29) is 0 Å². The molecule has 1 saturated carbocycles. The Balaban J connectivity index is 1.71. The summed E-state index contributed by atoms with van der Waals surface area (Å²) in [6.45, 7) is 4.23. The van der Waals surface area contributed by atoms with E-state index in [0.29, 0.717) is 12.5 Å². The second-order valence-electron chi connectivity index (χ2n) is 5.08. The van der Waals surface area contributed by atoms with E-state index in [2.05, 4.69) is 4.90 Å². The van der Waals surface area contributed by atoms with Gasteiger partial charge in [0.1, 0.15) is 0 Å². The molecule has 0 radical (unpaired) electrons. The van der Waals surface area contributed by atoms with Crippen LogP contribution in [0, 0.1) is 11.8 Å². The molecule has 1 N–H and O–H groups in total. The molecule has 14 heavy (non-hydrogen) atoms. The van der Waals surface area contributed by atoms with Crippen LogP contribution in [0.2, 0.25) is 0 Å². The SMILES string of the molecule is OCC1CCCN(CC2CCC2)CC1. The van der Waals surface area contributed by atoms with E-state index in [4.69, 9.17) is 5.11 Å². The van der Waals surface area contributed by atoms with Gasteiger partial charge in [-0.1, -0.05) is 6.42 Å². The first-order valence-corrected chi connectivity index (χ1v) is 6.21. The lowest BCUT2D eigenvalue weighted by atomic mass is 9.85. The van der Waals surface area contributed by atoms with Crippen LogP contribution in [0.25, 0.3) is 0 Å². The van der Waals surface area contributed by atoms with Crippen molar-refractivity contribution in [3.05, 3.63) is 0 Å². The number of likely N-dealkylation sites (tertiary alicyclic amines) is 1. The summed E-state index contributed by atoms with van der Waals surface area (Å²) in [6.07, 6.45) is 8.11. The Morgan fingerprint density at radius 2 is 1.71 bits per heavy atom. The topological polar surface area (TPSA) is 23.5 Å². The van der Waals surface area contributed by atoms with Crippen LogP contribution in [-0.2, 0) is 0 Å². The Hall–Kier alpha value is -0.0800. The molecule has 82 valence electrons. The molecule has 1 heterocycles. The maximum Gasteiger partial charge on any atom is 0.0459 e. The van der Waals surface area contributed by atoms with Crippen LogP contribution >= 0.6 is 0 Å². The summed E-state index contributed by atoms with van der Waals surface area (Å²) >= 11 is 0. The highest BCUT2D eigenvalue weighted by Crippen LogP contribution is 2.28. The fraction of sp³-hybridized carbons (Fsp3) is 1.00. The lowest BCUT2D eigenvalue weighted by molar-refractivity contribution is 0.174. The van der Waals surface area contributed by atoms with Crippen molar-refractivity contribution in [1.82, 2.24) is 4.90 Å². The van der Waals surface area contributed by atoms with Crippen molar-refractivity contribution in [2.45, 2.75) is 38.5 Å². The van der Waals surface area contributed by atoms with E-state index >= 15 is 0 Å². The summed E-state index contributed by atoms with van der Waals surface area (Å²) in [7, 11) is 0. The minimum atomic E-state index is 0.400. The maximum absolute atomic E-state index is 9.12. The van der Waals surface area contributed by atoms with Gasteiger partial charge in [-0.15, -0.1) is 0 Å². The number of nitrogens with zero attached hydrogens (tertiary/aromatic N) is 1. The first-order valence-electron chi connectivity index (χ1n) is 6.21. The van der Waals surface area contributed by atoms with Crippen LogP contribution in [0.4, 0.5) is 0 Å². The van der Waals surface area contributed by atoms with Gasteiger partial charge in [-0.05, 0) is 57.0 Å². The molecule has 2 fully saturated rings. The minimum Gasteiger partial charge on any atom is -0.396 e. The van der Waals surface area contributed by atoms with E-state index in [1.54, 1.807) is 0 Å². The van der Waals surface area contributed by atoms with Crippen molar-refractivity contribution in [2.24, 2.45) is 11.8 Å². The highest BCUT2D eigenvalue weighted by Gasteiger charge is 2.22. The number of hydrogen-bond donors (Lipinski definition) is 1. The van der Waals surface area contributed by atoms with Crippen LogP contribution in [0.15, 0.2) is 0 Å². The molecule has 0 aromatic carbocycles. The molecule has 2 heteroatoms. The third-order valence-corrected chi connectivity index (χ3v) is 3.94. The Morgan fingerprint density at radius 1 is 0.929 bits per heavy atom. The van der Waals surface area contributed by atoms with Gasteiger partial charge in [0.2, 0.25) is 0 Å². The van der Waals surface area contributed by atoms with E-state index in [9.17, 15) is 0 Å². The third kappa shape index (κ3) is 2.71. The molecule has 0 bridgehead atoms. The van der Waals surface area contributed by atoms with Crippen molar-refractivity contribution in [3.8, 4) is 0 Å². The van der Waals surface area contributed by atoms with E-state index < -0.39 is 0 Å². The van der Waals surface area contributed by atoms with Crippen LogP contribution in [-0.4, -0.2) is 36.2 Å². The zero-order valence-electron chi connectivity index (χ0n) is 9.12. The molecule has 0 aromatic rings. The fourth-order valence-electron chi connectivity index (χ4n) is 2.63. The highest BCUT2D eigenvalue weighted by molar-refractivity contribution is 4.76. The summed E-state index contributed by atoms with van der Waals surface area (Å²) in [6, 6.07) is 0. The molecule has 0 spiro atoms. The number of aliphatic hydroxyl groups excluding tert-OH is 1. The van der Waals surface area contributed by atoms with Crippen LogP contribution in [0.1, 0.15) is 38.5 Å². The molecule has 1 aliphatic heterocycles. The zero-order valence-corrected chi connectivity index (χ0v) is 9.12. The Morgan fingerprint density at radius 3 is 2.36 bits per heavy atom. The standard InChI is InChI=1S/C12H23NO/c14-10-12-5-2-7-13(8-6-12)9-11-3-1-4-11/h11-12,14H,1-10H2. The zero-order chi connectivity index (χ0) is 9.80. The smallest absolute Gasteiger partial charge is 0.0459 e. The average Bonchev–Trinajstić information content (AvgIpc) is 2.36. The quantitative estimate of drug-likeness (QED) is 0.746. The predicted octanol–water partition coefficient (Wildman–Crippen LogP) is 1.88. The normalized spacial score (nSPS) is 31.1. The third-order valence-electron chi connectivity index (χ3n) is 3.94. The first kappa shape index (κ1) is 10.4. The Labute approximate surface area is 87.3 Å². The van der Waals surface area contributed by atoms with Gasteiger partial charge in [0, 0.05) is 13.2 Å². The maximum atomic E-state index is 9.12. The van der Waals surface area contributed by atoms with Gasteiger partial charge < -0.3 is 10.0 Å². The lowest BCUT2D eigenvalue weighted by Gasteiger charge is -2.31. The summed E-state index contributed by atoms with van der Waals surface area (Å²) < 4.78 is 0. The van der Waals surface area contributed by atoms with Crippen molar-refractivity contribution in [2.75, 3.05) is 26.2 Å². The van der Waals surface area contributed by atoms with Gasteiger partial charge in [0.05, 0.1) is 0 Å². The number of hydrogen-bond acceptors (Lipinski definition) is 2. The highest BCUT2D eigenvalue weighted by atomic mass is 16.3. The first-order chi connectivity index (χ1) is 6.88. The van der Waals surface area contributed by atoms with Crippen LogP contribution < -0.4 is 0 Å². The molecule has 1 saturated heterocycles. The molecule has 0 aromatic heterocycles. The summed E-state index contributed by atoms with van der Waals surface area (Å²) in [5, 5.41) is 9.12. The van der Waals surface area contributed by atoms with Gasteiger partial charge in [-0.2, -0.15) is 0 Å². The van der Waals surface area contributed by atoms with E-state index in [1.807, 2.05) is 0 Å². The molecule has 1 unspecified atom stereocenters. The van der Waals surface area contributed by atoms with Crippen molar-refractivity contribution >= 4 is 0 Å². The molecule has 1 atom stereocenters. The van der Waals surface area contributed by atoms with Crippen LogP contribution in [0.3, 0.4) is 0 Å². The average molecular weight is 197 g/mol. The second-order valence-corrected chi connectivity index (χ2v) is 5.08. The second kappa shape index (κ2) is 5.13. The number of rotatable bonds is 3. The Kier molecular flexibility index (Phi) is 3.82. The van der Waals surface area contributed by atoms with Gasteiger partial charge >= 0.3 is 0 Å². The van der Waals surface area contributed by atoms with Gasteiger partial charge in [-0.3, -0.25) is 0 Å². The predicted molar refractivity (Wildman–Crippen MR) is 58.2 cm³/mol. The molecule has 0 amide bonds. The molecular formula is C12H23NO. The van der Waals surface area contributed by atoms with Gasteiger partial charge in [0.15, 0.2) is 0 Å². The number of aliphatic hydroxyl groups is 1. The summed E-state index contributed by atoms with van der Waals surface area (Å²) in [4.78, 5) is 2.62. The van der Waals surface area contributed by atoms with Crippen LogP contribution in [0.5, 0.6) is 0 Å². The van der Waals surface area contributed by atoms with Crippen molar-refractivity contribution in [3.63, 3.8) is 0 Å². The largest absolute Gasteiger partial charge is 0.396 e. The molecular weight excluding hydrogens is 174 g/mol. The van der Waals surface area contributed by atoms with Crippen molar-refractivity contribution < 1.29 is 5.11 Å². The summed E-state index contributed by atoms with van der Waals surface area (Å²) in [5.74, 6) is 1.59. The lowest BCUT2D eigenvalue weighted by Crippen LogP contribution is -2.33. The van der Waals surface area contributed by atoms with E-state index in [0.717, 1.165) is 5.92 Å². The van der Waals surface area contributed by atoms with Crippen molar-refractivity contribution in [1.29, 1.82) is 0 Å². The monoisotopic (exact) mass is 197 g/mol. The summed E-state index contributed by atoms with van der Waals surface area (Å²) in [5.41, 5.74) is 0. The minimum absolute atomic E-state index is 0.400. The van der Waals surface area contributed by atoms with Gasteiger partial charge in [-0.25, -0.2) is 0 Å². The van der Waals surface area contributed by atoms with Gasteiger partial charge in [0.25, 0.3) is 0 Å².